The molecule has 1 saturated heterocycles. The lowest BCUT2D eigenvalue weighted by atomic mass is 9.76. The zero-order chi connectivity index (χ0) is 20.7. The fourth-order valence-corrected chi connectivity index (χ4v) is 5.72. The molecule has 5 rings (SSSR count). The molecule has 2 aromatic rings. The molecule has 2 aliphatic carbocycles. The first-order valence-corrected chi connectivity index (χ1v) is 10.9. The maximum absolute atomic E-state index is 12.8. The van der Waals surface area contributed by atoms with Gasteiger partial charge in [0.25, 0.3) is 0 Å². The number of rotatable bonds is 3. The number of ether oxygens (including phenoxy) is 1. The van der Waals surface area contributed by atoms with Gasteiger partial charge in [0.05, 0.1) is 5.92 Å². The molecular weight excluding hydrogens is 378 g/mol. The van der Waals surface area contributed by atoms with Gasteiger partial charge in [0.2, 0.25) is 0 Å². The van der Waals surface area contributed by atoms with E-state index in [9.17, 15) is 14.7 Å². The maximum atomic E-state index is 12.8. The van der Waals surface area contributed by atoms with E-state index >= 15 is 0 Å². The third kappa shape index (κ3) is 3.26. The molecule has 1 N–H and O–H groups in total. The maximum Gasteiger partial charge on any atom is 0.409 e. The highest BCUT2D eigenvalue weighted by Gasteiger charge is 2.44. The smallest absolute Gasteiger partial charge is 0.409 e. The van der Waals surface area contributed by atoms with E-state index in [1.54, 1.807) is 4.90 Å². The number of piperidine rings is 1. The summed E-state index contributed by atoms with van der Waals surface area (Å²) >= 11 is 0. The van der Waals surface area contributed by atoms with Gasteiger partial charge in [-0.15, -0.1) is 0 Å². The van der Waals surface area contributed by atoms with E-state index in [2.05, 4.69) is 24.3 Å². The van der Waals surface area contributed by atoms with Crippen LogP contribution >= 0.6 is 0 Å². The Hall–Kier alpha value is -2.82. The lowest BCUT2D eigenvalue weighted by molar-refractivity contribution is -0.141. The molecule has 1 saturated carbocycles. The molecule has 30 heavy (non-hydrogen) atoms. The minimum Gasteiger partial charge on any atom is -0.481 e. The minimum atomic E-state index is -0.675. The van der Waals surface area contributed by atoms with Crippen molar-refractivity contribution in [2.75, 3.05) is 19.7 Å². The Morgan fingerprint density at radius 3 is 2.13 bits per heavy atom. The number of carboxylic acids is 1. The first-order chi connectivity index (χ1) is 14.6. The Balaban J connectivity index is 1.21. The van der Waals surface area contributed by atoms with Gasteiger partial charge in [-0.25, -0.2) is 4.79 Å². The van der Waals surface area contributed by atoms with Gasteiger partial charge in [0, 0.05) is 19.0 Å². The molecule has 1 unspecified atom stereocenters. The predicted octanol–water partition coefficient (Wildman–Crippen LogP) is 4.90. The summed E-state index contributed by atoms with van der Waals surface area (Å²) in [6, 6.07) is 16.7. The van der Waals surface area contributed by atoms with Crippen LogP contribution in [0.25, 0.3) is 11.1 Å². The molecule has 1 spiro atoms. The van der Waals surface area contributed by atoms with Crippen LogP contribution in [0.3, 0.4) is 0 Å². The van der Waals surface area contributed by atoms with Crippen LogP contribution in [0, 0.1) is 11.3 Å². The molecular formula is C25H27NO4. The highest BCUT2D eigenvalue weighted by molar-refractivity contribution is 5.79. The molecule has 1 atom stereocenters. The molecule has 3 aliphatic rings. The average molecular weight is 405 g/mol. The van der Waals surface area contributed by atoms with Gasteiger partial charge in [-0.3, -0.25) is 4.79 Å². The Morgan fingerprint density at radius 2 is 1.57 bits per heavy atom. The van der Waals surface area contributed by atoms with Crippen LogP contribution in [0.5, 0.6) is 0 Å². The van der Waals surface area contributed by atoms with E-state index in [0.29, 0.717) is 19.7 Å². The van der Waals surface area contributed by atoms with Crippen molar-refractivity contribution >= 4 is 12.1 Å². The van der Waals surface area contributed by atoms with Gasteiger partial charge in [-0.05, 0) is 59.8 Å². The second-order valence-electron chi connectivity index (χ2n) is 9.07. The highest BCUT2D eigenvalue weighted by atomic mass is 16.6. The molecule has 1 aliphatic heterocycles. The van der Waals surface area contributed by atoms with Crippen molar-refractivity contribution in [1.29, 1.82) is 0 Å². The van der Waals surface area contributed by atoms with E-state index < -0.39 is 5.97 Å². The summed E-state index contributed by atoms with van der Waals surface area (Å²) in [4.78, 5) is 25.9. The molecule has 5 heteroatoms. The standard InChI is InChI=1S/C25H27NO4/c27-23(28)17-9-10-25(15-17)11-13-26(14-12-25)24(29)30-16-22-20-7-3-1-5-18(20)19-6-2-4-8-21(19)22/h1-8,17,22H,9-16H2,(H,27,28). The van der Waals surface area contributed by atoms with Crippen molar-refractivity contribution in [1.82, 2.24) is 4.90 Å². The largest absolute Gasteiger partial charge is 0.481 e. The summed E-state index contributed by atoms with van der Waals surface area (Å²) in [5.41, 5.74) is 4.99. The van der Waals surface area contributed by atoms with Gasteiger partial charge in [0.15, 0.2) is 0 Å². The second kappa shape index (κ2) is 7.46. The van der Waals surface area contributed by atoms with E-state index in [0.717, 1.165) is 32.1 Å². The summed E-state index contributed by atoms with van der Waals surface area (Å²) in [5.74, 6) is -0.819. The van der Waals surface area contributed by atoms with Crippen LogP contribution in [0.4, 0.5) is 4.79 Å². The number of fused-ring (bicyclic) bond motifs is 3. The van der Waals surface area contributed by atoms with Crippen molar-refractivity contribution in [2.24, 2.45) is 11.3 Å². The van der Waals surface area contributed by atoms with Gasteiger partial charge >= 0.3 is 12.1 Å². The fraction of sp³-hybridized carbons (Fsp3) is 0.440. The minimum absolute atomic E-state index is 0.0728. The van der Waals surface area contributed by atoms with Gasteiger partial charge in [-0.1, -0.05) is 48.5 Å². The molecule has 0 bridgehead atoms. The Kier molecular flexibility index (Phi) is 4.76. The number of amides is 1. The lowest BCUT2D eigenvalue weighted by Crippen LogP contribution is -2.43. The number of carbonyl (C=O) groups excluding carboxylic acids is 1. The van der Waals surface area contributed by atoms with E-state index in [-0.39, 0.29) is 23.3 Å². The van der Waals surface area contributed by atoms with Crippen LogP contribution in [0.15, 0.2) is 48.5 Å². The topological polar surface area (TPSA) is 66.8 Å². The second-order valence-corrected chi connectivity index (χ2v) is 9.07. The van der Waals surface area contributed by atoms with Crippen LogP contribution in [0.2, 0.25) is 0 Å². The zero-order valence-corrected chi connectivity index (χ0v) is 17.0. The first kappa shape index (κ1) is 19.2. The number of benzene rings is 2. The van der Waals surface area contributed by atoms with Crippen molar-refractivity contribution in [3.63, 3.8) is 0 Å². The Labute approximate surface area is 176 Å². The fourth-order valence-electron chi connectivity index (χ4n) is 5.72. The summed E-state index contributed by atoms with van der Waals surface area (Å²) in [5, 5.41) is 9.30. The zero-order valence-electron chi connectivity index (χ0n) is 17.0. The Bertz CT molecular complexity index is 931. The number of hydrogen-bond acceptors (Lipinski definition) is 3. The molecule has 0 aromatic heterocycles. The van der Waals surface area contributed by atoms with Gasteiger partial charge in [-0.2, -0.15) is 0 Å². The number of hydrogen-bond donors (Lipinski definition) is 1. The van der Waals surface area contributed by atoms with Crippen LogP contribution < -0.4 is 0 Å². The lowest BCUT2D eigenvalue weighted by Gasteiger charge is -2.39. The number of nitrogens with zero attached hydrogens (tertiary/aromatic N) is 1. The molecule has 5 nitrogen and oxygen atoms in total. The SMILES string of the molecule is O=C(O)C1CCC2(CCN(C(=O)OCC3c4ccccc4-c4ccccc43)CC2)C1. The molecule has 2 fully saturated rings. The summed E-state index contributed by atoms with van der Waals surface area (Å²) < 4.78 is 5.78. The quantitative estimate of drug-likeness (QED) is 0.789. The van der Waals surface area contributed by atoms with Crippen molar-refractivity contribution in [3.05, 3.63) is 59.7 Å². The molecule has 1 amide bonds. The molecule has 156 valence electrons. The average Bonchev–Trinajstić information content (AvgIpc) is 3.32. The first-order valence-electron chi connectivity index (χ1n) is 10.9. The number of likely N-dealkylation sites (tertiary alicyclic amines) is 1. The van der Waals surface area contributed by atoms with Crippen LogP contribution in [-0.4, -0.2) is 41.8 Å². The summed E-state index contributed by atoms with van der Waals surface area (Å²) in [7, 11) is 0. The van der Waals surface area contributed by atoms with Crippen molar-refractivity contribution in [3.8, 4) is 11.1 Å². The van der Waals surface area contributed by atoms with E-state index in [1.807, 2.05) is 24.3 Å². The molecule has 1 heterocycles. The third-order valence-corrected chi connectivity index (χ3v) is 7.47. The number of carbonyl (C=O) groups is 2. The highest BCUT2D eigenvalue weighted by Crippen LogP contribution is 2.49. The van der Waals surface area contributed by atoms with Crippen LogP contribution in [-0.2, 0) is 9.53 Å². The monoisotopic (exact) mass is 405 g/mol. The van der Waals surface area contributed by atoms with E-state index in [1.165, 1.54) is 22.3 Å². The van der Waals surface area contributed by atoms with Crippen LogP contribution in [0.1, 0.15) is 49.1 Å². The van der Waals surface area contributed by atoms with E-state index in [4.69, 9.17) is 4.74 Å². The van der Waals surface area contributed by atoms with Gasteiger partial charge in [0.1, 0.15) is 6.61 Å². The van der Waals surface area contributed by atoms with Crippen molar-refractivity contribution in [2.45, 2.75) is 38.0 Å². The summed E-state index contributed by atoms with van der Waals surface area (Å²) in [6.45, 7) is 1.65. The van der Waals surface area contributed by atoms with Gasteiger partial charge < -0.3 is 14.7 Å². The summed E-state index contributed by atoms with van der Waals surface area (Å²) in [6.07, 6.45) is 3.98. The normalized spacial score (nSPS) is 22.0. The third-order valence-electron chi connectivity index (χ3n) is 7.47. The predicted molar refractivity (Wildman–Crippen MR) is 113 cm³/mol. The molecule has 0 radical (unpaired) electrons. The number of carboxylic acid groups (broad SMARTS) is 1. The Morgan fingerprint density at radius 1 is 0.967 bits per heavy atom. The van der Waals surface area contributed by atoms with Crippen molar-refractivity contribution < 1.29 is 19.4 Å². The number of aliphatic carboxylic acids is 1. The molecule has 2 aromatic carbocycles.